The number of halogens is 2. The second kappa shape index (κ2) is 7.49. The molecule has 128 valence electrons. The molecule has 0 aliphatic rings. The van der Waals surface area contributed by atoms with Gasteiger partial charge in [-0.05, 0) is 37.5 Å². The number of aryl methyl sites for hydroxylation is 2. The van der Waals surface area contributed by atoms with Gasteiger partial charge in [-0.1, -0.05) is 41.4 Å². The van der Waals surface area contributed by atoms with E-state index >= 15 is 0 Å². The van der Waals surface area contributed by atoms with E-state index < -0.39 is 0 Å². The van der Waals surface area contributed by atoms with E-state index in [1.807, 2.05) is 51.6 Å². The highest BCUT2D eigenvalue weighted by atomic mass is 79.9. The highest BCUT2D eigenvalue weighted by Crippen LogP contribution is 2.28. The minimum Gasteiger partial charge on any atom is -0.368 e. The summed E-state index contributed by atoms with van der Waals surface area (Å²) in [6.07, 6.45) is 3.86. The monoisotopic (exact) mass is 409 g/mol. The van der Waals surface area contributed by atoms with Gasteiger partial charge in [0.2, 0.25) is 5.95 Å². The number of nitrogens with zero attached hydrogens (tertiary/aromatic N) is 4. The average molecular weight is 411 g/mol. The van der Waals surface area contributed by atoms with Crippen LogP contribution in [-0.2, 0) is 6.54 Å². The van der Waals surface area contributed by atoms with Gasteiger partial charge in [-0.3, -0.25) is 4.98 Å². The van der Waals surface area contributed by atoms with Crippen LogP contribution in [0.1, 0.15) is 36.2 Å². The fourth-order valence-electron chi connectivity index (χ4n) is 2.54. The summed E-state index contributed by atoms with van der Waals surface area (Å²) in [5.74, 6) is 0.173. The molecule has 0 saturated heterocycles. The Morgan fingerprint density at radius 2 is 1.83 bits per heavy atom. The van der Waals surface area contributed by atoms with Gasteiger partial charge < -0.3 is 10.3 Å². The predicted molar refractivity (Wildman–Crippen MR) is 104 cm³/mol. The Balaban J connectivity index is 0.00000100. The van der Waals surface area contributed by atoms with Gasteiger partial charge in [-0.25, -0.2) is 4.98 Å². The van der Waals surface area contributed by atoms with E-state index in [1.54, 1.807) is 0 Å². The van der Waals surface area contributed by atoms with Crippen LogP contribution in [0.2, 0.25) is 5.15 Å². The van der Waals surface area contributed by atoms with Crippen molar-refractivity contribution in [3.8, 4) is 0 Å². The molecule has 7 heteroatoms. The molecule has 0 saturated carbocycles. The zero-order valence-corrected chi connectivity index (χ0v) is 16.8. The number of hydrogen-bond donors (Lipinski definition) is 1. The van der Waals surface area contributed by atoms with Gasteiger partial charge in [0.15, 0.2) is 0 Å². The number of pyridine rings is 1. The van der Waals surface area contributed by atoms with Crippen LogP contribution in [0.25, 0.3) is 11.0 Å². The highest BCUT2D eigenvalue weighted by Gasteiger charge is 2.15. The summed E-state index contributed by atoms with van der Waals surface area (Å²) in [7, 11) is 0. The maximum Gasteiger partial charge on any atom is 0.223 e. The van der Waals surface area contributed by atoms with Crippen molar-refractivity contribution in [2.45, 2.75) is 41.2 Å². The molecule has 3 aromatic rings. The summed E-state index contributed by atoms with van der Waals surface area (Å²) in [6.45, 7) is 10.7. The Morgan fingerprint density at radius 3 is 2.50 bits per heavy atom. The van der Waals surface area contributed by atoms with Crippen LogP contribution in [0.4, 0.5) is 5.95 Å². The number of hydrogen-bond acceptors (Lipinski definition) is 4. The third kappa shape index (κ3) is 3.39. The van der Waals surface area contributed by atoms with Gasteiger partial charge in [-0.2, -0.15) is 4.98 Å². The first-order chi connectivity index (χ1) is 11.4. The van der Waals surface area contributed by atoms with Gasteiger partial charge in [0.05, 0.1) is 17.6 Å². The van der Waals surface area contributed by atoms with Gasteiger partial charge in [0, 0.05) is 16.9 Å². The Labute approximate surface area is 155 Å². The Morgan fingerprint density at radius 1 is 1.17 bits per heavy atom. The Hall–Kier alpha value is -1.66. The van der Waals surface area contributed by atoms with Crippen LogP contribution >= 0.6 is 27.5 Å². The molecule has 0 radical (unpaired) electrons. The molecule has 5 nitrogen and oxygen atoms in total. The molecule has 0 fully saturated rings. The summed E-state index contributed by atoms with van der Waals surface area (Å²) in [6, 6.07) is 0. The molecule has 0 atom stereocenters. The zero-order chi connectivity index (χ0) is 18.0. The summed E-state index contributed by atoms with van der Waals surface area (Å²) >= 11 is 9.80. The third-order valence-corrected chi connectivity index (χ3v) is 5.22. The molecular weight excluding hydrogens is 390 g/mol. The van der Waals surface area contributed by atoms with Crippen molar-refractivity contribution < 1.29 is 0 Å². The summed E-state index contributed by atoms with van der Waals surface area (Å²) in [5, 5.41) is 1.22. The molecule has 0 aliphatic carbocycles. The highest BCUT2D eigenvalue weighted by molar-refractivity contribution is 9.10. The summed E-state index contributed by atoms with van der Waals surface area (Å²) in [5.41, 5.74) is 10.7. The van der Waals surface area contributed by atoms with Crippen molar-refractivity contribution in [1.29, 1.82) is 0 Å². The average Bonchev–Trinajstić information content (AvgIpc) is 2.86. The largest absolute Gasteiger partial charge is 0.368 e. The van der Waals surface area contributed by atoms with E-state index in [0.717, 1.165) is 37.9 Å². The summed E-state index contributed by atoms with van der Waals surface area (Å²) < 4.78 is 3.09. The van der Waals surface area contributed by atoms with Crippen molar-refractivity contribution >= 4 is 44.5 Å². The maximum atomic E-state index is 6.19. The van der Waals surface area contributed by atoms with Crippen LogP contribution < -0.4 is 5.73 Å². The van der Waals surface area contributed by atoms with E-state index in [9.17, 15) is 0 Å². The molecule has 0 amide bonds. The number of fused-ring (bicyclic) bond motifs is 1. The van der Waals surface area contributed by atoms with E-state index in [4.69, 9.17) is 17.3 Å². The van der Waals surface area contributed by atoms with Gasteiger partial charge in [-0.15, -0.1) is 0 Å². The molecule has 0 aliphatic heterocycles. The fraction of sp³-hybridized carbons (Fsp3) is 0.353. The van der Waals surface area contributed by atoms with Crippen molar-refractivity contribution in [2.24, 2.45) is 0 Å². The van der Waals surface area contributed by atoms with E-state index in [-0.39, 0.29) is 5.95 Å². The Bertz CT molecular complexity index is 889. The molecule has 0 bridgehead atoms. The molecular formula is C17H21BrClN5. The summed E-state index contributed by atoms with van der Waals surface area (Å²) in [4.78, 5) is 12.9. The third-order valence-electron chi connectivity index (χ3n) is 3.72. The second-order valence-corrected chi connectivity index (χ2v) is 6.49. The lowest BCUT2D eigenvalue weighted by Crippen LogP contribution is -2.06. The molecule has 0 spiro atoms. The van der Waals surface area contributed by atoms with E-state index in [0.29, 0.717) is 11.7 Å². The fourth-order valence-corrected chi connectivity index (χ4v) is 3.19. The van der Waals surface area contributed by atoms with E-state index in [2.05, 4.69) is 30.9 Å². The lowest BCUT2D eigenvalue weighted by atomic mass is 10.1. The first-order valence-corrected chi connectivity index (χ1v) is 8.94. The minimum absolute atomic E-state index is 0.173. The van der Waals surface area contributed by atoms with Crippen molar-refractivity contribution in [2.75, 3.05) is 5.73 Å². The number of anilines is 1. The molecule has 0 unspecified atom stereocenters. The number of rotatable bonds is 2. The van der Waals surface area contributed by atoms with Crippen LogP contribution in [0, 0.1) is 20.8 Å². The standard InChI is InChI=1S/C15H15BrClN5.C2H6/c1-7-4-19-10(9(3)12(7)16)6-22-5-8(2)11-13(17)20-15(18)21-14(11)22;1-2/h4-5H,6H2,1-3H3,(H2,18,20,21);1-2H3. The molecule has 3 aromatic heterocycles. The molecule has 24 heavy (non-hydrogen) atoms. The normalized spacial score (nSPS) is 10.6. The van der Waals surface area contributed by atoms with Crippen LogP contribution in [0.3, 0.4) is 0 Å². The van der Waals surface area contributed by atoms with E-state index in [1.165, 1.54) is 0 Å². The Kier molecular flexibility index (Phi) is 5.83. The van der Waals surface area contributed by atoms with Gasteiger partial charge in [0.1, 0.15) is 10.8 Å². The molecule has 3 heterocycles. The predicted octanol–water partition coefficient (Wildman–Crippen LogP) is 4.82. The minimum atomic E-state index is 0.173. The maximum absolute atomic E-state index is 6.19. The lowest BCUT2D eigenvalue weighted by molar-refractivity contribution is 0.785. The van der Waals surface area contributed by atoms with Gasteiger partial charge >= 0.3 is 0 Å². The zero-order valence-electron chi connectivity index (χ0n) is 14.5. The van der Waals surface area contributed by atoms with Crippen molar-refractivity contribution in [1.82, 2.24) is 19.5 Å². The quantitative estimate of drug-likeness (QED) is 0.615. The smallest absolute Gasteiger partial charge is 0.223 e. The number of nitrogen functional groups attached to an aromatic ring is 1. The van der Waals surface area contributed by atoms with Crippen LogP contribution in [0.15, 0.2) is 16.9 Å². The first-order valence-electron chi connectivity index (χ1n) is 7.77. The first kappa shape index (κ1) is 18.7. The number of aromatic nitrogens is 4. The van der Waals surface area contributed by atoms with Crippen molar-refractivity contribution in [3.63, 3.8) is 0 Å². The molecule has 2 N–H and O–H groups in total. The number of nitrogens with two attached hydrogens (primary N) is 1. The SMILES string of the molecule is CC.Cc1cnc(Cn2cc(C)c3c(Cl)nc(N)nc32)c(C)c1Br. The molecule has 3 rings (SSSR count). The second-order valence-electron chi connectivity index (χ2n) is 5.34. The van der Waals surface area contributed by atoms with Crippen LogP contribution in [0.5, 0.6) is 0 Å². The molecule has 0 aromatic carbocycles. The van der Waals surface area contributed by atoms with Crippen LogP contribution in [-0.4, -0.2) is 19.5 Å². The topological polar surface area (TPSA) is 69.6 Å². The van der Waals surface area contributed by atoms with Gasteiger partial charge in [0.25, 0.3) is 0 Å². The van der Waals surface area contributed by atoms with Crippen molar-refractivity contribution in [3.05, 3.63) is 44.4 Å². The lowest BCUT2D eigenvalue weighted by Gasteiger charge is -2.10.